The number of carbonyl (C=O) groups excluding carboxylic acids is 1. The molecule has 28 heavy (non-hydrogen) atoms. The number of amides is 1. The largest absolute Gasteiger partial charge is 0.493 e. The van der Waals surface area contributed by atoms with Gasteiger partial charge < -0.3 is 18.9 Å². The van der Waals surface area contributed by atoms with E-state index < -0.39 is 0 Å². The fourth-order valence-corrected chi connectivity index (χ4v) is 2.92. The summed E-state index contributed by atoms with van der Waals surface area (Å²) in [7, 11) is 0. The first-order valence-corrected chi connectivity index (χ1v) is 8.80. The van der Waals surface area contributed by atoms with Crippen LogP contribution >= 0.6 is 0 Å². The van der Waals surface area contributed by atoms with E-state index in [1.54, 1.807) is 30.3 Å². The Labute approximate surface area is 160 Å². The van der Waals surface area contributed by atoms with Crippen LogP contribution in [0.2, 0.25) is 0 Å². The molecule has 2 aromatic heterocycles. The molecule has 1 N–H and O–H groups in total. The maximum absolute atomic E-state index is 12.6. The SMILES string of the molecule is CCOc1ccccc1-c1cc(=O)c2ccc(NC(=O)c3ccco3)cc2o1. The van der Waals surface area contributed by atoms with Crippen molar-refractivity contribution in [3.8, 4) is 17.1 Å². The molecule has 6 nitrogen and oxygen atoms in total. The first kappa shape index (κ1) is 17.6. The molecule has 2 heterocycles. The van der Waals surface area contributed by atoms with Crippen LogP contribution in [0.4, 0.5) is 5.69 Å². The topological polar surface area (TPSA) is 81.7 Å². The molecule has 0 fully saturated rings. The fourth-order valence-electron chi connectivity index (χ4n) is 2.92. The van der Waals surface area contributed by atoms with Crippen LogP contribution in [0.15, 0.2) is 80.6 Å². The molecule has 6 heteroatoms. The Hall–Kier alpha value is -3.80. The molecule has 0 spiro atoms. The van der Waals surface area contributed by atoms with Crippen LogP contribution in [-0.2, 0) is 0 Å². The van der Waals surface area contributed by atoms with Crippen molar-refractivity contribution < 1.29 is 18.4 Å². The van der Waals surface area contributed by atoms with Crippen LogP contribution in [0.1, 0.15) is 17.5 Å². The van der Waals surface area contributed by atoms with Crippen molar-refractivity contribution in [3.05, 3.63) is 82.9 Å². The lowest BCUT2D eigenvalue weighted by Gasteiger charge is -2.10. The third-order valence-corrected chi connectivity index (χ3v) is 4.18. The number of nitrogens with one attached hydrogen (secondary N) is 1. The van der Waals surface area contributed by atoms with Gasteiger partial charge in [-0.25, -0.2) is 0 Å². The molecule has 0 aliphatic rings. The lowest BCUT2D eigenvalue weighted by atomic mass is 10.1. The van der Waals surface area contributed by atoms with Crippen LogP contribution in [0, 0.1) is 0 Å². The first-order valence-electron chi connectivity index (χ1n) is 8.80. The molecule has 0 bridgehead atoms. The van der Waals surface area contributed by atoms with Gasteiger partial charge in [0.2, 0.25) is 0 Å². The Bertz CT molecular complexity index is 1190. The average Bonchev–Trinajstić information content (AvgIpc) is 3.23. The summed E-state index contributed by atoms with van der Waals surface area (Å²) in [6.45, 7) is 2.39. The van der Waals surface area contributed by atoms with Crippen LogP contribution in [0.5, 0.6) is 5.75 Å². The van der Waals surface area contributed by atoms with Crippen LogP contribution < -0.4 is 15.5 Å². The summed E-state index contributed by atoms with van der Waals surface area (Å²) < 4.78 is 16.7. The molecule has 0 aliphatic carbocycles. The Balaban J connectivity index is 1.75. The zero-order chi connectivity index (χ0) is 19.5. The standard InChI is InChI=1S/C22H17NO5/c1-2-26-18-7-4-3-6-16(18)21-13-17(24)15-10-9-14(12-20(15)28-21)23-22(25)19-8-5-11-27-19/h3-13H,2H2,1H3,(H,23,25). The molecule has 1 amide bonds. The Morgan fingerprint density at radius 1 is 1.07 bits per heavy atom. The molecule has 140 valence electrons. The van der Waals surface area contributed by atoms with E-state index in [-0.39, 0.29) is 17.1 Å². The predicted octanol–water partition coefficient (Wildman–Crippen LogP) is 4.70. The van der Waals surface area contributed by atoms with Crippen molar-refractivity contribution in [2.24, 2.45) is 0 Å². The zero-order valence-corrected chi connectivity index (χ0v) is 15.1. The number of fused-ring (bicyclic) bond motifs is 1. The summed E-state index contributed by atoms with van der Waals surface area (Å²) in [4.78, 5) is 24.7. The number of anilines is 1. The van der Waals surface area contributed by atoms with E-state index in [1.165, 1.54) is 12.3 Å². The van der Waals surface area contributed by atoms with Crippen LogP contribution in [0.25, 0.3) is 22.3 Å². The highest BCUT2D eigenvalue weighted by atomic mass is 16.5. The lowest BCUT2D eigenvalue weighted by molar-refractivity contribution is 0.0996. The predicted molar refractivity (Wildman–Crippen MR) is 106 cm³/mol. The summed E-state index contributed by atoms with van der Waals surface area (Å²) in [6, 6.07) is 16.9. The van der Waals surface area contributed by atoms with E-state index in [9.17, 15) is 9.59 Å². The van der Waals surface area contributed by atoms with Crippen LogP contribution in [-0.4, -0.2) is 12.5 Å². The maximum Gasteiger partial charge on any atom is 0.291 e. The third-order valence-electron chi connectivity index (χ3n) is 4.18. The second-order valence-corrected chi connectivity index (χ2v) is 6.05. The van der Waals surface area contributed by atoms with E-state index in [1.807, 2.05) is 31.2 Å². The van der Waals surface area contributed by atoms with Gasteiger partial charge in [0.15, 0.2) is 11.2 Å². The number of rotatable bonds is 5. The van der Waals surface area contributed by atoms with Crippen molar-refractivity contribution in [3.63, 3.8) is 0 Å². The molecule has 0 saturated heterocycles. The van der Waals surface area contributed by atoms with Crippen molar-refractivity contribution >= 4 is 22.6 Å². The van der Waals surface area contributed by atoms with E-state index in [0.717, 1.165) is 0 Å². The number of benzene rings is 2. The molecule has 0 atom stereocenters. The molecule has 0 aliphatic heterocycles. The lowest BCUT2D eigenvalue weighted by Crippen LogP contribution is -2.11. The highest BCUT2D eigenvalue weighted by Gasteiger charge is 2.13. The Kier molecular flexibility index (Phi) is 4.68. The van der Waals surface area contributed by atoms with Gasteiger partial charge in [-0.1, -0.05) is 12.1 Å². The Morgan fingerprint density at radius 2 is 1.93 bits per heavy atom. The van der Waals surface area contributed by atoms with E-state index in [4.69, 9.17) is 13.6 Å². The summed E-state index contributed by atoms with van der Waals surface area (Å²) >= 11 is 0. The van der Waals surface area contributed by atoms with Gasteiger partial charge in [-0.3, -0.25) is 9.59 Å². The summed E-state index contributed by atoms with van der Waals surface area (Å²) in [5.74, 6) is 0.844. The fraction of sp³-hybridized carbons (Fsp3) is 0.0909. The van der Waals surface area contributed by atoms with Gasteiger partial charge in [-0.2, -0.15) is 0 Å². The highest BCUT2D eigenvalue weighted by molar-refractivity contribution is 6.03. The van der Waals surface area contributed by atoms with E-state index >= 15 is 0 Å². The van der Waals surface area contributed by atoms with Crippen molar-refractivity contribution in [1.29, 1.82) is 0 Å². The van der Waals surface area contributed by atoms with Crippen molar-refractivity contribution in [2.45, 2.75) is 6.92 Å². The molecule has 0 unspecified atom stereocenters. The van der Waals surface area contributed by atoms with Crippen molar-refractivity contribution in [1.82, 2.24) is 0 Å². The maximum atomic E-state index is 12.6. The average molecular weight is 375 g/mol. The number of furan rings is 1. The van der Waals surface area contributed by atoms with Gasteiger partial charge in [-0.15, -0.1) is 0 Å². The van der Waals surface area contributed by atoms with Gasteiger partial charge in [-0.05, 0) is 43.3 Å². The van der Waals surface area contributed by atoms with E-state index in [2.05, 4.69) is 5.32 Å². The second kappa shape index (κ2) is 7.44. The molecule has 2 aromatic carbocycles. The Morgan fingerprint density at radius 3 is 2.71 bits per heavy atom. The van der Waals surface area contributed by atoms with Crippen molar-refractivity contribution in [2.75, 3.05) is 11.9 Å². The second-order valence-electron chi connectivity index (χ2n) is 6.05. The van der Waals surface area contributed by atoms with Gasteiger partial charge in [0.05, 0.1) is 23.8 Å². The van der Waals surface area contributed by atoms with Gasteiger partial charge in [0, 0.05) is 17.8 Å². The minimum atomic E-state index is -0.385. The van der Waals surface area contributed by atoms with Gasteiger partial charge in [0.1, 0.15) is 17.1 Å². The molecule has 4 rings (SSSR count). The third kappa shape index (κ3) is 3.40. The number of hydrogen-bond acceptors (Lipinski definition) is 5. The first-order chi connectivity index (χ1) is 13.7. The number of para-hydroxylation sites is 1. The molecule has 0 radical (unpaired) electrons. The van der Waals surface area contributed by atoms with Crippen LogP contribution in [0.3, 0.4) is 0 Å². The molecular formula is C22H17NO5. The van der Waals surface area contributed by atoms with Gasteiger partial charge in [0.25, 0.3) is 5.91 Å². The van der Waals surface area contributed by atoms with Gasteiger partial charge >= 0.3 is 0 Å². The summed E-state index contributed by atoms with van der Waals surface area (Å²) in [5.41, 5.74) is 1.37. The smallest absolute Gasteiger partial charge is 0.291 e. The molecule has 4 aromatic rings. The summed E-state index contributed by atoms with van der Waals surface area (Å²) in [5, 5.41) is 3.15. The normalized spacial score (nSPS) is 10.8. The zero-order valence-electron chi connectivity index (χ0n) is 15.1. The molecule has 0 saturated carbocycles. The molecular weight excluding hydrogens is 358 g/mol. The number of carbonyl (C=O) groups is 1. The minimum Gasteiger partial charge on any atom is -0.493 e. The number of hydrogen-bond donors (Lipinski definition) is 1. The monoisotopic (exact) mass is 375 g/mol. The highest BCUT2D eigenvalue weighted by Crippen LogP contribution is 2.31. The summed E-state index contributed by atoms with van der Waals surface area (Å²) in [6.07, 6.45) is 1.43. The quantitative estimate of drug-likeness (QED) is 0.547. The van der Waals surface area contributed by atoms with E-state index in [0.29, 0.717) is 40.3 Å². The number of ether oxygens (including phenoxy) is 1. The minimum absolute atomic E-state index is 0.175.